The predicted octanol–water partition coefficient (Wildman–Crippen LogP) is 4.22. The largest absolute Gasteiger partial charge is 0.434 e. The number of benzene rings is 1. The average Bonchev–Trinajstić information content (AvgIpc) is 2.95. The van der Waals surface area contributed by atoms with Crippen molar-refractivity contribution in [3.05, 3.63) is 46.0 Å². The first-order chi connectivity index (χ1) is 10.9. The summed E-state index contributed by atoms with van der Waals surface area (Å²) in [6, 6.07) is 5.98. The lowest BCUT2D eigenvalue weighted by Gasteiger charge is -2.16. The van der Waals surface area contributed by atoms with Gasteiger partial charge in [-0.2, -0.15) is 13.2 Å². The van der Waals surface area contributed by atoms with Crippen molar-refractivity contribution in [1.82, 2.24) is 4.98 Å². The molecule has 23 heavy (non-hydrogen) atoms. The second-order valence-electron chi connectivity index (χ2n) is 5.57. The van der Waals surface area contributed by atoms with E-state index in [0.29, 0.717) is 0 Å². The Morgan fingerprint density at radius 2 is 1.96 bits per heavy atom. The number of carbonyl (C=O) groups excluding carboxylic acids is 1. The number of hydrogen-bond acceptors (Lipinski definition) is 3. The number of nitrogens with zero attached hydrogens (tertiary/aromatic N) is 1. The number of amides is 1. The van der Waals surface area contributed by atoms with Gasteiger partial charge in [-0.05, 0) is 42.4 Å². The molecule has 0 atom stereocenters. The summed E-state index contributed by atoms with van der Waals surface area (Å²) >= 11 is 0.775. The molecule has 1 amide bonds. The van der Waals surface area contributed by atoms with E-state index in [1.165, 1.54) is 17.5 Å². The molecule has 1 aromatic carbocycles. The molecule has 1 heterocycles. The third-order valence-electron chi connectivity index (χ3n) is 3.82. The minimum Gasteiger partial charge on any atom is -0.302 e. The number of aromatic nitrogens is 1. The van der Waals surface area contributed by atoms with Crippen LogP contribution in [0.2, 0.25) is 0 Å². The summed E-state index contributed by atoms with van der Waals surface area (Å²) in [6.07, 6.45) is 0.0833. The molecule has 0 bridgehead atoms. The molecule has 7 heteroatoms. The number of thiazole rings is 1. The third kappa shape index (κ3) is 3.90. The average molecular weight is 340 g/mol. The molecule has 1 aliphatic rings. The molecule has 0 fully saturated rings. The zero-order valence-electron chi connectivity index (χ0n) is 12.2. The van der Waals surface area contributed by atoms with Gasteiger partial charge in [-0.1, -0.05) is 18.2 Å². The second-order valence-corrected chi connectivity index (χ2v) is 6.43. The van der Waals surface area contributed by atoms with Gasteiger partial charge in [0.25, 0.3) is 0 Å². The molecular weight excluding hydrogens is 325 g/mol. The highest BCUT2D eigenvalue weighted by Crippen LogP contribution is 2.31. The smallest absolute Gasteiger partial charge is 0.302 e. The highest BCUT2D eigenvalue weighted by atomic mass is 32.1. The number of hydrogen-bond donors (Lipinski definition) is 1. The number of carbonyl (C=O) groups is 1. The van der Waals surface area contributed by atoms with Crippen LogP contribution in [0.15, 0.2) is 23.6 Å². The molecule has 1 aliphatic carbocycles. The van der Waals surface area contributed by atoms with Crippen molar-refractivity contribution in [2.45, 2.75) is 38.3 Å². The third-order valence-corrected chi connectivity index (χ3v) is 4.58. The minimum absolute atomic E-state index is 0.0275. The lowest BCUT2D eigenvalue weighted by molar-refractivity contribution is -0.140. The van der Waals surface area contributed by atoms with E-state index < -0.39 is 11.9 Å². The van der Waals surface area contributed by atoms with Crippen molar-refractivity contribution in [3.8, 4) is 0 Å². The Kier molecular flexibility index (Phi) is 4.39. The highest BCUT2D eigenvalue weighted by molar-refractivity contribution is 7.13. The van der Waals surface area contributed by atoms with Gasteiger partial charge in [0, 0.05) is 5.38 Å². The molecule has 1 aromatic heterocycles. The van der Waals surface area contributed by atoms with Crippen LogP contribution in [0.3, 0.4) is 0 Å². The maximum Gasteiger partial charge on any atom is 0.434 e. The minimum atomic E-state index is -4.49. The molecule has 122 valence electrons. The van der Waals surface area contributed by atoms with Gasteiger partial charge in [0.05, 0.1) is 6.42 Å². The first-order valence-corrected chi connectivity index (χ1v) is 8.23. The zero-order chi connectivity index (χ0) is 16.4. The van der Waals surface area contributed by atoms with Crippen LogP contribution in [0.1, 0.15) is 35.2 Å². The van der Waals surface area contributed by atoms with Gasteiger partial charge >= 0.3 is 6.18 Å². The van der Waals surface area contributed by atoms with Crippen LogP contribution in [-0.2, 0) is 30.2 Å². The summed E-state index contributed by atoms with van der Waals surface area (Å²) in [5.41, 5.74) is 2.49. The van der Waals surface area contributed by atoms with E-state index in [1.807, 2.05) is 18.2 Å². The fourth-order valence-corrected chi connectivity index (χ4v) is 3.44. The molecular formula is C16H15F3N2OS. The monoisotopic (exact) mass is 340 g/mol. The van der Waals surface area contributed by atoms with E-state index >= 15 is 0 Å². The lowest BCUT2D eigenvalue weighted by atomic mass is 9.90. The number of halogens is 3. The fraction of sp³-hybridized carbons (Fsp3) is 0.375. The van der Waals surface area contributed by atoms with E-state index in [-0.39, 0.29) is 17.5 Å². The Hall–Kier alpha value is -1.89. The number of alkyl halides is 3. The predicted molar refractivity (Wildman–Crippen MR) is 82.5 cm³/mol. The van der Waals surface area contributed by atoms with Crippen LogP contribution < -0.4 is 5.32 Å². The molecule has 3 nitrogen and oxygen atoms in total. The van der Waals surface area contributed by atoms with E-state index in [2.05, 4.69) is 10.3 Å². The molecule has 1 N–H and O–H groups in total. The van der Waals surface area contributed by atoms with Gasteiger partial charge in [0.1, 0.15) is 0 Å². The summed E-state index contributed by atoms with van der Waals surface area (Å²) in [5, 5.41) is 3.30. The SMILES string of the molecule is O=C(Cc1ccc2c(c1)CCCC2)Nc1nc(C(F)(F)F)cs1. The van der Waals surface area contributed by atoms with Crippen LogP contribution in [-0.4, -0.2) is 10.9 Å². The summed E-state index contributed by atoms with van der Waals surface area (Å²) in [7, 11) is 0. The van der Waals surface area contributed by atoms with E-state index in [4.69, 9.17) is 0 Å². The van der Waals surface area contributed by atoms with E-state index in [0.717, 1.165) is 41.5 Å². The Morgan fingerprint density at radius 3 is 2.65 bits per heavy atom. The number of nitrogens with one attached hydrogen (secondary N) is 1. The maximum absolute atomic E-state index is 12.5. The highest BCUT2D eigenvalue weighted by Gasteiger charge is 2.33. The maximum atomic E-state index is 12.5. The summed E-state index contributed by atoms with van der Waals surface area (Å²) in [5.74, 6) is -0.358. The van der Waals surface area contributed by atoms with Crippen molar-refractivity contribution in [2.75, 3.05) is 5.32 Å². The number of rotatable bonds is 3. The Labute approximate surface area is 135 Å². The van der Waals surface area contributed by atoms with Crippen LogP contribution in [0.25, 0.3) is 0 Å². The first kappa shape index (κ1) is 16.0. The van der Waals surface area contributed by atoms with E-state index in [1.54, 1.807) is 0 Å². The number of aryl methyl sites for hydroxylation is 2. The quantitative estimate of drug-likeness (QED) is 0.909. The topological polar surface area (TPSA) is 42.0 Å². The molecule has 0 unspecified atom stereocenters. The molecule has 0 saturated carbocycles. The van der Waals surface area contributed by atoms with Gasteiger partial charge in [-0.3, -0.25) is 4.79 Å². The Bertz CT molecular complexity index is 724. The normalized spacial score (nSPS) is 14.4. The molecule has 0 spiro atoms. The van der Waals surface area contributed by atoms with Crippen molar-refractivity contribution in [1.29, 1.82) is 0 Å². The van der Waals surface area contributed by atoms with E-state index in [9.17, 15) is 18.0 Å². The summed E-state index contributed by atoms with van der Waals surface area (Å²) < 4.78 is 37.4. The van der Waals surface area contributed by atoms with Crippen molar-refractivity contribution in [2.24, 2.45) is 0 Å². The molecule has 2 aromatic rings. The number of anilines is 1. The van der Waals surface area contributed by atoms with Gasteiger partial charge < -0.3 is 5.32 Å². The fourth-order valence-electron chi connectivity index (χ4n) is 2.71. The van der Waals surface area contributed by atoms with Gasteiger partial charge in [-0.15, -0.1) is 11.3 Å². The molecule has 0 radical (unpaired) electrons. The van der Waals surface area contributed by atoms with Crippen molar-refractivity contribution in [3.63, 3.8) is 0 Å². The number of fused-ring (bicyclic) bond motifs is 1. The van der Waals surface area contributed by atoms with Gasteiger partial charge in [0.15, 0.2) is 10.8 Å². The summed E-state index contributed by atoms with van der Waals surface area (Å²) in [4.78, 5) is 15.4. The Balaban J connectivity index is 1.64. The van der Waals surface area contributed by atoms with Crippen LogP contribution in [0.5, 0.6) is 0 Å². The van der Waals surface area contributed by atoms with Crippen LogP contribution in [0, 0.1) is 0 Å². The molecule has 0 saturated heterocycles. The van der Waals surface area contributed by atoms with Crippen LogP contribution in [0.4, 0.5) is 18.3 Å². The Morgan fingerprint density at radius 1 is 1.22 bits per heavy atom. The first-order valence-electron chi connectivity index (χ1n) is 7.35. The van der Waals surface area contributed by atoms with Crippen molar-refractivity contribution >= 4 is 22.4 Å². The summed E-state index contributed by atoms with van der Waals surface area (Å²) in [6.45, 7) is 0. The lowest BCUT2D eigenvalue weighted by Crippen LogP contribution is -2.15. The van der Waals surface area contributed by atoms with Crippen molar-refractivity contribution < 1.29 is 18.0 Å². The van der Waals surface area contributed by atoms with Gasteiger partial charge in [0.2, 0.25) is 5.91 Å². The van der Waals surface area contributed by atoms with Crippen LogP contribution >= 0.6 is 11.3 Å². The van der Waals surface area contributed by atoms with Gasteiger partial charge in [-0.25, -0.2) is 4.98 Å². The second kappa shape index (κ2) is 6.31. The zero-order valence-corrected chi connectivity index (χ0v) is 13.1. The molecule has 3 rings (SSSR count). The molecule has 0 aliphatic heterocycles. The standard InChI is InChI=1S/C16H15F3N2OS/c17-16(18,19)13-9-23-15(20-13)21-14(22)8-10-5-6-11-3-1-2-4-12(11)7-10/h5-7,9H,1-4,8H2,(H,20,21,22).